The van der Waals surface area contributed by atoms with E-state index in [1.165, 1.54) is 23.8 Å². The number of hydrogen-bond acceptors (Lipinski definition) is 6. The van der Waals surface area contributed by atoms with E-state index in [9.17, 15) is 18.0 Å². The van der Waals surface area contributed by atoms with E-state index in [4.69, 9.17) is 15.2 Å². The number of methoxy groups -OCH3 is 1. The maximum absolute atomic E-state index is 12.9. The molecule has 10 heteroatoms. The molecule has 2 rings (SSSR count). The van der Waals surface area contributed by atoms with Crippen molar-refractivity contribution in [3.8, 4) is 5.75 Å². The number of ether oxygens (including phenoxy) is 2. The zero-order valence-corrected chi connectivity index (χ0v) is 14.0. The normalized spacial score (nSPS) is 11.4. The fourth-order valence-corrected chi connectivity index (χ4v) is 2.51. The quantitative estimate of drug-likeness (QED) is 0.727. The van der Waals surface area contributed by atoms with Crippen LogP contribution in [0, 0.1) is 0 Å². The van der Waals surface area contributed by atoms with E-state index < -0.39 is 17.6 Å². The first kappa shape index (κ1) is 19.2. The van der Waals surface area contributed by atoms with Gasteiger partial charge in [0, 0.05) is 19.0 Å². The zero-order chi connectivity index (χ0) is 18.4. The van der Waals surface area contributed by atoms with Gasteiger partial charge < -0.3 is 20.5 Å². The van der Waals surface area contributed by atoms with Gasteiger partial charge >= 0.3 is 6.18 Å². The third-order valence-electron chi connectivity index (χ3n) is 3.06. The molecule has 25 heavy (non-hydrogen) atoms. The molecule has 0 saturated carbocycles. The molecular formula is C15H16F3N3O3S. The Balaban J connectivity index is 2.26. The molecule has 0 unspecified atom stereocenters. The van der Waals surface area contributed by atoms with Gasteiger partial charge in [-0.15, -0.1) is 11.3 Å². The van der Waals surface area contributed by atoms with Gasteiger partial charge in [-0.25, -0.2) is 4.98 Å². The summed E-state index contributed by atoms with van der Waals surface area (Å²) in [5.74, 6) is -0.542. The van der Waals surface area contributed by atoms with E-state index in [1.807, 2.05) is 0 Å². The number of carbonyl (C=O) groups excluding carboxylic acids is 1. The minimum Gasteiger partial charge on any atom is -0.489 e. The predicted octanol–water partition coefficient (Wildman–Crippen LogP) is 2.90. The second-order valence-electron chi connectivity index (χ2n) is 4.83. The molecule has 3 N–H and O–H groups in total. The fourth-order valence-electron chi connectivity index (χ4n) is 1.86. The van der Waals surface area contributed by atoms with Crippen LogP contribution in [-0.4, -0.2) is 31.2 Å². The number of alkyl halides is 3. The summed E-state index contributed by atoms with van der Waals surface area (Å²) in [6, 6.07) is 2.85. The Bertz CT molecular complexity index is 734. The Hall–Kier alpha value is -2.17. The number of benzene rings is 1. The minimum atomic E-state index is -4.54. The molecule has 0 saturated heterocycles. The average Bonchev–Trinajstić information content (AvgIpc) is 3.04. The first-order chi connectivity index (χ1) is 11.8. The van der Waals surface area contributed by atoms with Crippen molar-refractivity contribution in [2.24, 2.45) is 5.73 Å². The van der Waals surface area contributed by atoms with E-state index in [0.29, 0.717) is 5.01 Å². The lowest BCUT2D eigenvalue weighted by atomic mass is 10.1. The molecule has 0 spiro atoms. The second-order valence-corrected chi connectivity index (χ2v) is 5.78. The summed E-state index contributed by atoms with van der Waals surface area (Å²) in [6.45, 7) is 0.548. The molecule has 136 valence electrons. The molecule has 0 atom stereocenters. The first-order valence-corrected chi connectivity index (χ1v) is 8.02. The van der Waals surface area contributed by atoms with Crippen molar-refractivity contribution in [1.82, 2.24) is 4.98 Å². The maximum Gasteiger partial charge on any atom is 0.416 e. The Labute approximate surface area is 145 Å². The molecule has 1 aromatic carbocycles. The van der Waals surface area contributed by atoms with Gasteiger partial charge in [-0.05, 0) is 18.2 Å². The first-order valence-electron chi connectivity index (χ1n) is 7.14. The average molecular weight is 375 g/mol. The van der Waals surface area contributed by atoms with E-state index in [2.05, 4.69) is 10.3 Å². The number of nitrogens with one attached hydrogen (secondary N) is 1. The topological polar surface area (TPSA) is 86.5 Å². The van der Waals surface area contributed by atoms with Crippen molar-refractivity contribution in [2.75, 3.05) is 25.6 Å². The van der Waals surface area contributed by atoms with Crippen LogP contribution in [0.3, 0.4) is 0 Å². The predicted molar refractivity (Wildman–Crippen MR) is 86.8 cm³/mol. The standard InChI is InChI=1S/C15H16F3N3O3S/c1-23-4-5-24-12-3-2-9(15(16,17)18)6-10(12)21-14(22)11-8-25-13(7-19)20-11/h2-3,6,8H,4-5,7,19H2,1H3,(H,21,22). The van der Waals surface area contributed by atoms with Gasteiger partial charge in [0.25, 0.3) is 5.91 Å². The highest BCUT2D eigenvalue weighted by molar-refractivity contribution is 7.09. The van der Waals surface area contributed by atoms with E-state index in [1.54, 1.807) is 0 Å². The Morgan fingerprint density at radius 3 is 2.72 bits per heavy atom. The zero-order valence-electron chi connectivity index (χ0n) is 13.2. The summed E-state index contributed by atoms with van der Waals surface area (Å²) in [5, 5.41) is 4.43. The molecule has 0 aliphatic heterocycles. The Kier molecular flexibility index (Phi) is 6.34. The minimum absolute atomic E-state index is 0.0747. The summed E-state index contributed by atoms with van der Waals surface area (Å²) in [7, 11) is 1.47. The lowest BCUT2D eigenvalue weighted by Gasteiger charge is -2.15. The van der Waals surface area contributed by atoms with Crippen LogP contribution in [0.15, 0.2) is 23.6 Å². The Morgan fingerprint density at radius 1 is 1.36 bits per heavy atom. The van der Waals surface area contributed by atoms with Crippen LogP contribution in [0.5, 0.6) is 5.75 Å². The molecule has 0 aliphatic carbocycles. The van der Waals surface area contributed by atoms with Crippen LogP contribution < -0.4 is 15.8 Å². The molecule has 6 nitrogen and oxygen atoms in total. The number of halogens is 3. The van der Waals surface area contributed by atoms with Crippen LogP contribution in [0.25, 0.3) is 0 Å². The summed E-state index contributed by atoms with van der Waals surface area (Å²) in [5.41, 5.74) is 4.51. The SMILES string of the molecule is COCCOc1ccc(C(F)(F)F)cc1NC(=O)c1csc(CN)n1. The highest BCUT2D eigenvalue weighted by atomic mass is 32.1. The molecule has 0 bridgehead atoms. The largest absolute Gasteiger partial charge is 0.489 e. The molecular weight excluding hydrogens is 359 g/mol. The highest BCUT2D eigenvalue weighted by Gasteiger charge is 2.31. The number of carbonyl (C=O) groups is 1. The van der Waals surface area contributed by atoms with Crippen LogP contribution in [0.2, 0.25) is 0 Å². The number of nitrogens with two attached hydrogens (primary N) is 1. The van der Waals surface area contributed by atoms with Crippen LogP contribution >= 0.6 is 11.3 Å². The van der Waals surface area contributed by atoms with Crippen molar-refractivity contribution < 1.29 is 27.4 Å². The van der Waals surface area contributed by atoms with Crippen molar-refractivity contribution in [3.63, 3.8) is 0 Å². The van der Waals surface area contributed by atoms with Crippen molar-refractivity contribution in [2.45, 2.75) is 12.7 Å². The smallest absolute Gasteiger partial charge is 0.416 e. The number of hydrogen-bond donors (Lipinski definition) is 2. The number of amides is 1. The third-order valence-corrected chi connectivity index (χ3v) is 3.93. The van der Waals surface area contributed by atoms with Gasteiger partial charge in [0.2, 0.25) is 0 Å². The van der Waals surface area contributed by atoms with Gasteiger partial charge in [0.05, 0.1) is 17.9 Å². The monoisotopic (exact) mass is 375 g/mol. The van der Waals surface area contributed by atoms with Gasteiger partial charge in [-0.1, -0.05) is 0 Å². The van der Waals surface area contributed by atoms with Crippen molar-refractivity contribution in [3.05, 3.63) is 39.8 Å². The molecule has 0 aliphatic rings. The van der Waals surface area contributed by atoms with Crippen LogP contribution in [0.1, 0.15) is 21.1 Å². The van der Waals surface area contributed by atoms with Crippen molar-refractivity contribution >= 4 is 22.9 Å². The Morgan fingerprint density at radius 2 is 2.12 bits per heavy atom. The van der Waals surface area contributed by atoms with E-state index in [0.717, 1.165) is 18.2 Å². The summed E-state index contributed by atoms with van der Waals surface area (Å²) < 4.78 is 49.0. The highest BCUT2D eigenvalue weighted by Crippen LogP contribution is 2.35. The molecule has 1 aromatic heterocycles. The van der Waals surface area contributed by atoms with E-state index >= 15 is 0 Å². The molecule has 0 radical (unpaired) electrons. The molecule has 0 fully saturated rings. The number of aromatic nitrogens is 1. The summed E-state index contributed by atoms with van der Waals surface area (Å²) in [6.07, 6.45) is -4.54. The molecule has 1 heterocycles. The maximum atomic E-state index is 12.9. The third kappa shape index (κ3) is 5.15. The van der Waals surface area contributed by atoms with E-state index in [-0.39, 0.29) is 36.9 Å². The van der Waals surface area contributed by atoms with Crippen LogP contribution in [0.4, 0.5) is 18.9 Å². The van der Waals surface area contributed by atoms with Gasteiger partial charge in [0.15, 0.2) is 0 Å². The number of thiazole rings is 1. The van der Waals surface area contributed by atoms with Gasteiger partial charge in [-0.3, -0.25) is 4.79 Å². The number of rotatable bonds is 7. The number of anilines is 1. The number of nitrogens with zero attached hydrogens (tertiary/aromatic N) is 1. The van der Waals surface area contributed by atoms with Gasteiger partial charge in [-0.2, -0.15) is 13.2 Å². The van der Waals surface area contributed by atoms with Gasteiger partial charge in [0.1, 0.15) is 23.1 Å². The molecule has 2 aromatic rings. The lowest BCUT2D eigenvalue weighted by molar-refractivity contribution is -0.137. The summed E-state index contributed by atoms with van der Waals surface area (Å²) >= 11 is 1.19. The van der Waals surface area contributed by atoms with Crippen molar-refractivity contribution in [1.29, 1.82) is 0 Å². The second kappa shape index (κ2) is 8.28. The fraction of sp³-hybridized carbons (Fsp3) is 0.333. The van der Waals surface area contributed by atoms with Crippen LogP contribution in [-0.2, 0) is 17.5 Å². The lowest BCUT2D eigenvalue weighted by Crippen LogP contribution is -2.16. The summed E-state index contributed by atoms with van der Waals surface area (Å²) in [4.78, 5) is 16.2. The molecule has 1 amide bonds.